The van der Waals surface area contributed by atoms with Crippen molar-refractivity contribution in [2.24, 2.45) is 7.05 Å². The van der Waals surface area contributed by atoms with E-state index >= 15 is 0 Å². The number of unbranched alkanes of at least 4 members (excludes halogenated alkanes) is 1. The van der Waals surface area contributed by atoms with E-state index in [-0.39, 0.29) is 5.97 Å². The third-order valence-corrected chi connectivity index (χ3v) is 3.07. The van der Waals surface area contributed by atoms with Crippen molar-refractivity contribution in [3.05, 3.63) is 42.1 Å². The van der Waals surface area contributed by atoms with E-state index in [9.17, 15) is 4.79 Å². The Kier molecular flexibility index (Phi) is 4.39. The number of ether oxygens (including phenoxy) is 1. The van der Waals surface area contributed by atoms with Crippen molar-refractivity contribution < 1.29 is 9.53 Å². The molecule has 0 bridgehead atoms. The summed E-state index contributed by atoms with van der Waals surface area (Å²) < 4.78 is 7.14. The fourth-order valence-electron chi connectivity index (χ4n) is 2.03. The topological polar surface area (TPSA) is 31.2 Å². The first kappa shape index (κ1) is 13.4. The summed E-state index contributed by atoms with van der Waals surface area (Å²) >= 11 is 0. The van der Waals surface area contributed by atoms with E-state index < -0.39 is 0 Å². The van der Waals surface area contributed by atoms with Gasteiger partial charge < -0.3 is 9.30 Å². The van der Waals surface area contributed by atoms with E-state index in [1.54, 1.807) is 0 Å². The molecular weight excluding hydrogens is 238 g/mol. The molecule has 0 amide bonds. The Morgan fingerprint density at radius 2 is 2.16 bits per heavy atom. The van der Waals surface area contributed by atoms with Crippen molar-refractivity contribution in [3.63, 3.8) is 0 Å². The average Bonchev–Trinajstić information content (AvgIpc) is 2.74. The highest BCUT2D eigenvalue weighted by atomic mass is 16.5. The summed E-state index contributed by atoms with van der Waals surface area (Å²) in [4.78, 5) is 11.5. The predicted octanol–water partition coefficient (Wildman–Crippen LogP) is 3.53. The van der Waals surface area contributed by atoms with E-state index in [4.69, 9.17) is 4.74 Å². The van der Waals surface area contributed by atoms with Crippen LogP contribution in [0.15, 0.2) is 36.5 Å². The monoisotopic (exact) mass is 257 g/mol. The summed E-state index contributed by atoms with van der Waals surface area (Å²) in [6.07, 6.45) is 7.27. The number of esters is 1. The maximum absolute atomic E-state index is 11.5. The first-order valence-electron chi connectivity index (χ1n) is 6.61. The summed E-state index contributed by atoms with van der Waals surface area (Å²) in [5.74, 6) is -0.276. The molecule has 0 fully saturated rings. The number of carbonyl (C=O) groups excluding carboxylic acids is 1. The van der Waals surface area contributed by atoms with Gasteiger partial charge in [0.2, 0.25) is 0 Å². The maximum atomic E-state index is 11.5. The zero-order chi connectivity index (χ0) is 13.7. The minimum Gasteiger partial charge on any atom is -0.463 e. The molecule has 1 heterocycles. The lowest BCUT2D eigenvalue weighted by Crippen LogP contribution is -2.01. The number of aryl methyl sites for hydroxylation is 1. The summed E-state index contributed by atoms with van der Waals surface area (Å²) in [5, 5.41) is 1.14. The van der Waals surface area contributed by atoms with Crippen LogP contribution >= 0.6 is 0 Å². The summed E-state index contributed by atoms with van der Waals surface area (Å²) in [6, 6.07) is 8.12. The Balaban J connectivity index is 2.11. The molecule has 100 valence electrons. The molecule has 0 aliphatic carbocycles. The third kappa shape index (κ3) is 3.25. The van der Waals surface area contributed by atoms with Crippen molar-refractivity contribution in [1.82, 2.24) is 4.57 Å². The number of aromatic nitrogens is 1. The molecule has 1 aromatic heterocycles. The molecule has 0 atom stereocenters. The fraction of sp³-hybridized carbons (Fsp3) is 0.312. The van der Waals surface area contributed by atoms with Gasteiger partial charge in [-0.3, -0.25) is 0 Å². The van der Waals surface area contributed by atoms with Gasteiger partial charge in [-0.25, -0.2) is 4.79 Å². The van der Waals surface area contributed by atoms with E-state index in [2.05, 4.69) is 23.6 Å². The maximum Gasteiger partial charge on any atom is 0.330 e. The van der Waals surface area contributed by atoms with Gasteiger partial charge in [-0.2, -0.15) is 0 Å². The SMILES string of the molecule is CCCCOC(=O)C=Cc1cn(C)c2ccccc12. The second-order valence-corrected chi connectivity index (χ2v) is 4.57. The molecule has 0 spiro atoms. The minimum atomic E-state index is -0.276. The predicted molar refractivity (Wildman–Crippen MR) is 77.8 cm³/mol. The van der Waals surface area contributed by atoms with Crippen LogP contribution in [0, 0.1) is 0 Å². The minimum absolute atomic E-state index is 0.276. The first-order chi connectivity index (χ1) is 9.22. The molecule has 0 unspecified atom stereocenters. The van der Waals surface area contributed by atoms with Crippen LogP contribution in [0.4, 0.5) is 0 Å². The molecule has 0 N–H and O–H groups in total. The van der Waals surface area contributed by atoms with Gasteiger partial charge in [0.15, 0.2) is 0 Å². The summed E-state index contributed by atoms with van der Waals surface area (Å²) in [7, 11) is 2.00. The van der Waals surface area contributed by atoms with E-state index in [1.165, 1.54) is 6.08 Å². The van der Waals surface area contributed by atoms with Crippen molar-refractivity contribution in [3.8, 4) is 0 Å². The van der Waals surface area contributed by atoms with Crippen molar-refractivity contribution >= 4 is 22.9 Å². The molecule has 19 heavy (non-hydrogen) atoms. The zero-order valence-electron chi connectivity index (χ0n) is 11.4. The lowest BCUT2D eigenvalue weighted by Gasteiger charge is -1.98. The van der Waals surface area contributed by atoms with Gasteiger partial charge in [0.25, 0.3) is 0 Å². The van der Waals surface area contributed by atoms with Gasteiger partial charge in [0, 0.05) is 35.8 Å². The van der Waals surface area contributed by atoms with Crippen LogP contribution in [0.5, 0.6) is 0 Å². The highest BCUT2D eigenvalue weighted by Crippen LogP contribution is 2.21. The number of carbonyl (C=O) groups is 1. The number of rotatable bonds is 5. The number of hydrogen-bond donors (Lipinski definition) is 0. The standard InChI is InChI=1S/C16H19NO2/c1-3-4-11-19-16(18)10-9-13-12-17(2)15-8-6-5-7-14(13)15/h5-10,12H,3-4,11H2,1-2H3. The fourth-order valence-corrected chi connectivity index (χ4v) is 2.03. The normalized spacial score (nSPS) is 11.3. The van der Waals surface area contributed by atoms with Gasteiger partial charge in [-0.05, 0) is 18.6 Å². The second-order valence-electron chi connectivity index (χ2n) is 4.57. The van der Waals surface area contributed by atoms with Crippen molar-refractivity contribution in [2.45, 2.75) is 19.8 Å². The van der Waals surface area contributed by atoms with Crippen molar-refractivity contribution in [1.29, 1.82) is 0 Å². The Morgan fingerprint density at radius 1 is 1.37 bits per heavy atom. The van der Waals surface area contributed by atoms with E-state index in [0.29, 0.717) is 6.61 Å². The van der Waals surface area contributed by atoms with Crippen LogP contribution in [-0.4, -0.2) is 17.1 Å². The number of nitrogens with zero attached hydrogens (tertiary/aromatic N) is 1. The molecule has 0 aliphatic rings. The molecule has 2 rings (SSSR count). The Labute approximate surface area is 113 Å². The number of fused-ring (bicyclic) bond motifs is 1. The van der Waals surface area contributed by atoms with Crippen LogP contribution in [0.3, 0.4) is 0 Å². The number of benzene rings is 1. The average molecular weight is 257 g/mol. The quantitative estimate of drug-likeness (QED) is 0.466. The smallest absolute Gasteiger partial charge is 0.330 e. The summed E-state index contributed by atoms with van der Waals surface area (Å²) in [5.41, 5.74) is 2.19. The molecule has 1 aromatic carbocycles. The second kappa shape index (κ2) is 6.23. The van der Waals surface area contributed by atoms with Gasteiger partial charge in [0.05, 0.1) is 6.61 Å². The van der Waals surface area contributed by atoms with Gasteiger partial charge >= 0.3 is 5.97 Å². The van der Waals surface area contributed by atoms with Crippen LogP contribution in [0.25, 0.3) is 17.0 Å². The first-order valence-corrected chi connectivity index (χ1v) is 6.61. The Bertz CT molecular complexity index is 596. The van der Waals surface area contributed by atoms with E-state index in [0.717, 1.165) is 29.3 Å². The van der Waals surface area contributed by atoms with E-state index in [1.807, 2.05) is 31.5 Å². The lowest BCUT2D eigenvalue weighted by molar-refractivity contribution is -0.137. The van der Waals surface area contributed by atoms with Crippen LogP contribution in [0.1, 0.15) is 25.3 Å². The molecular formula is C16H19NO2. The van der Waals surface area contributed by atoms with Crippen molar-refractivity contribution in [2.75, 3.05) is 6.61 Å². The zero-order valence-corrected chi connectivity index (χ0v) is 11.4. The van der Waals surface area contributed by atoms with Gasteiger partial charge in [-0.15, -0.1) is 0 Å². The van der Waals surface area contributed by atoms with Crippen LogP contribution in [0.2, 0.25) is 0 Å². The van der Waals surface area contributed by atoms with Gasteiger partial charge in [-0.1, -0.05) is 31.5 Å². The molecule has 0 aliphatic heterocycles. The molecule has 3 heteroatoms. The molecule has 0 saturated heterocycles. The van der Waals surface area contributed by atoms with Crippen LogP contribution in [-0.2, 0) is 16.6 Å². The molecule has 0 saturated carbocycles. The lowest BCUT2D eigenvalue weighted by atomic mass is 10.1. The molecule has 0 radical (unpaired) electrons. The van der Waals surface area contributed by atoms with Gasteiger partial charge in [0.1, 0.15) is 0 Å². The Morgan fingerprint density at radius 3 is 2.95 bits per heavy atom. The number of hydrogen-bond acceptors (Lipinski definition) is 2. The Hall–Kier alpha value is -2.03. The van der Waals surface area contributed by atoms with Crippen LogP contribution < -0.4 is 0 Å². The molecule has 2 aromatic rings. The highest BCUT2D eigenvalue weighted by molar-refractivity contribution is 5.94. The highest BCUT2D eigenvalue weighted by Gasteiger charge is 2.03. The largest absolute Gasteiger partial charge is 0.463 e. The molecule has 3 nitrogen and oxygen atoms in total. The number of para-hydroxylation sites is 1. The third-order valence-electron chi connectivity index (χ3n) is 3.07. The summed E-state index contributed by atoms with van der Waals surface area (Å²) in [6.45, 7) is 2.56.